The summed E-state index contributed by atoms with van der Waals surface area (Å²) < 4.78 is 13.1. The number of pyridine rings is 1. The van der Waals surface area contributed by atoms with E-state index in [1.807, 2.05) is 12.3 Å². The zero-order valence-electron chi connectivity index (χ0n) is 15.0. The SMILES string of the molecule is CCN(CC)Cc1cnc2c(Nc3ccc(F)cc3)ccc(C)c2c1. The standard InChI is InChI=1S/C21H24FN3/c1-4-25(5-2)14-16-12-19-15(3)6-11-20(21(19)23-13-16)24-18-9-7-17(22)8-10-18/h6-13,24H,4-5,14H2,1-3H3. The quantitative estimate of drug-likeness (QED) is 0.664. The molecule has 0 amide bonds. The van der Waals surface area contributed by atoms with Crippen molar-refractivity contribution in [1.29, 1.82) is 0 Å². The van der Waals surface area contributed by atoms with Crippen molar-refractivity contribution in [1.82, 2.24) is 9.88 Å². The molecule has 0 unspecified atom stereocenters. The van der Waals surface area contributed by atoms with E-state index < -0.39 is 0 Å². The van der Waals surface area contributed by atoms with Gasteiger partial charge >= 0.3 is 0 Å². The molecule has 0 saturated heterocycles. The van der Waals surface area contributed by atoms with Gasteiger partial charge in [-0.3, -0.25) is 9.88 Å². The fraction of sp³-hybridized carbons (Fsp3) is 0.286. The number of hydrogen-bond acceptors (Lipinski definition) is 3. The third kappa shape index (κ3) is 3.97. The largest absolute Gasteiger partial charge is 0.354 e. The lowest BCUT2D eigenvalue weighted by Crippen LogP contribution is -2.22. The number of aromatic nitrogens is 1. The van der Waals surface area contributed by atoms with Gasteiger partial charge in [-0.05, 0) is 67.5 Å². The van der Waals surface area contributed by atoms with Crippen LogP contribution < -0.4 is 5.32 Å². The molecule has 0 bridgehead atoms. The summed E-state index contributed by atoms with van der Waals surface area (Å²) >= 11 is 0. The van der Waals surface area contributed by atoms with Gasteiger partial charge in [-0.25, -0.2) is 4.39 Å². The lowest BCUT2D eigenvalue weighted by molar-refractivity contribution is 0.295. The Bertz CT molecular complexity index is 855. The molecule has 3 nitrogen and oxygen atoms in total. The van der Waals surface area contributed by atoms with Crippen molar-refractivity contribution >= 4 is 22.3 Å². The molecule has 1 heterocycles. The number of nitrogens with one attached hydrogen (secondary N) is 1. The van der Waals surface area contributed by atoms with E-state index in [2.05, 4.69) is 43.1 Å². The Kier molecular flexibility index (Phi) is 5.29. The van der Waals surface area contributed by atoms with Gasteiger partial charge in [-0.15, -0.1) is 0 Å². The summed E-state index contributed by atoms with van der Waals surface area (Å²) in [6, 6.07) is 12.7. The highest BCUT2D eigenvalue weighted by Crippen LogP contribution is 2.28. The van der Waals surface area contributed by atoms with Crippen LogP contribution in [0.2, 0.25) is 0 Å². The van der Waals surface area contributed by atoms with Crippen LogP contribution in [0.4, 0.5) is 15.8 Å². The molecule has 1 aromatic heterocycles. The number of benzene rings is 2. The highest BCUT2D eigenvalue weighted by Gasteiger charge is 2.09. The molecule has 0 atom stereocenters. The Hall–Kier alpha value is -2.46. The van der Waals surface area contributed by atoms with Gasteiger partial charge in [0.1, 0.15) is 5.82 Å². The molecule has 0 radical (unpaired) electrons. The third-order valence-corrected chi connectivity index (χ3v) is 4.55. The minimum atomic E-state index is -0.238. The van der Waals surface area contributed by atoms with E-state index >= 15 is 0 Å². The first-order valence-corrected chi connectivity index (χ1v) is 8.74. The van der Waals surface area contributed by atoms with Crippen LogP contribution in [0.15, 0.2) is 48.7 Å². The maximum atomic E-state index is 13.1. The van der Waals surface area contributed by atoms with Gasteiger partial charge in [0.05, 0.1) is 11.2 Å². The van der Waals surface area contributed by atoms with Crippen LogP contribution in [0.5, 0.6) is 0 Å². The van der Waals surface area contributed by atoms with Crippen molar-refractivity contribution < 1.29 is 4.39 Å². The first kappa shape index (κ1) is 17.4. The minimum Gasteiger partial charge on any atom is -0.354 e. The van der Waals surface area contributed by atoms with Gasteiger partial charge in [0, 0.05) is 23.8 Å². The van der Waals surface area contributed by atoms with E-state index in [0.717, 1.165) is 41.9 Å². The molecule has 3 rings (SSSR count). The first-order valence-electron chi connectivity index (χ1n) is 8.74. The molecule has 130 valence electrons. The van der Waals surface area contributed by atoms with Crippen molar-refractivity contribution in [3.63, 3.8) is 0 Å². The summed E-state index contributed by atoms with van der Waals surface area (Å²) in [6.45, 7) is 9.42. The van der Waals surface area contributed by atoms with Crippen molar-refractivity contribution in [3.05, 3.63) is 65.6 Å². The maximum Gasteiger partial charge on any atom is 0.123 e. The number of aryl methyl sites for hydroxylation is 1. The summed E-state index contributed by atoms with van der Waals surface area (Å²) in [4.78, 5) is 7.09. The molecule has 0 fully saturated rings. The summed E-state index contributed by atoms with van der Waals surface area (Å²) in [5.74, 6) is -0.238. The van der Waals surface area contributed by atoms with E-state index in [9.17, 15) is 4.39 Å². The molecule has 0 spiro atoms. The van der Waals surface area contributed by atoms with Gasteiger partial charge in [-0.2, -0.15) is 0 Å². The summed E-state index contributed by atoms with van der Waals surface area (Å²) in [5.41, 5.74) is 5.14. The Morgan fingerprint density at radius 3 is 2.44 bits per heavy atom. The fourth-order valence-corrected chi connectivity index (χ4v) is 2.98. The molecular formula is C21H24FN3. The topological polar surface area (TPSA) is 28.2 Å². The molecule has 3 aromatic rings. The van der Waals surface area contributed by atoms with E-state index in [-0.39, 0.29) is 5.82 Å². The number of rotatable bonds is 6. The lowest BCUT2D eigenvalue weighted by Gasteiger charge is -2.18. The Morgan fingerprint density at radius 2 is 1.76 bits per heavy atom. The molecule has 0 aliphatic carbocycles. The normalized spacial score (nSPS) is 11.2. The molecule has 25 heavy (non-hydrogen) atoms. The molecule has 0 saturated carbocycles. The second kappa shape index (κ2) is 7.62. The van der Waals surface area contributed by atoms with Crippen LogP contribution in [0.3, 0.4) is 0 Å². The van der Waals surface area contributed by atoms with Crippen LogP contribution >= 0.6 is 0 Å². The molecular weight excluding hydrogens is 313 g/mol. The number of nitrogens with zero attached hydrogens (tertiary/aromatic N) is 2. The van der Waals surface area contributed by atoms with Crippen molar-refractivity contribution in [2.75, 3.05) is 18.4 Å². The second-order valence-electron chi connectivity index (χ2n) is 6.26. The highest BCUT2D eigenvalue weighted by molar-refractivity contribution is 5.94. The first-order chi connectivity index (χ1) is 12.1. The average Bonchev–Trinajstić information content (AvgIpc) is 2.64. The van der Waals surface area contributed by atoms with Gasteiger partial charge in [0.15, 0.2) is 0 Å². The van der Waals surface area contributed by atoms with Crippen LogP contribution in [-0.2, 0) is 6.54 Å². The van der Waals surface area contributed by atoms with E-state index in [0.29, 0.717) is 0 Å². The molecule has 0 aliphatic rings. The maximum absolute atomic E-state index is 13.1. The van der Waals surface area contributed by atoms with Gasteiger partial charge in [0.25, 0.3) is 0 Å². The van der Waals surface area contributed by atoms with Crippen LogP contribution in [0.1, 0.15) is 25.0 Å². The Morgan fingerprint density at radius 1 is 1.04 bits per heavy atom. The predicted octanol–water partition coefficient (Wildman–Crippen LogP) is 5.27. The summed E-state index contributed by atoms with van der Waals surface area (Å²) in [7, 11) is 0. The molecule has 4 heteroatoms. The van der Waals surface area contributed by atoms with E-state index in [1.54, 1.807) is 12.1 Å². The highest BCUT2D eigenvalue weighted by atomic mass is 19.1. The van der Waals surface area contributed by atoms with Crippen LogP contribution in [0.25, 0.3) is 10.9 Å². The minimum absolute atomic E-state index is 0.238. The summed E-state index contributed by atoms with van der Waals surface area (Å²) in [6.07, 6.45) is 1.95. The van der Waals surface area contributed by atoms with Gasteiger partial charge in [0.2, 0.25) is 0 Å². The summed E-state index contributed by atoms with van der Waals surface area (Å²) in [5, 5.41) is 4.49. The van der Waals surface area contributed by atoms with Crippen LogP contribution in [0, 0.1) is 12.7 Å². The van der Waals surface area contributed by atoms with Crippen LogP contribution in [-0.4, -0.2) is 23.0 Å². The smallest absolute Gasteiger partial charge is 0.123 e. The number of halogens is 1. The number of anilines is 2. The Balaban J connectivity index is 1.95. The van der Waals surface area contributed by atoms with Gasteiger partial charge < -0.3 is 5.32 Å². The molecule has 0 aliphatic heterocycles. The van der Waals surface area contributed by atoms with E-state index in [1.165, 1.54) is 23.3 Å². The van der Waals surface area contributed by atoms with Crippen molar-refractivity contribution in [2.24, 2.45) is 0 Å². The fourth-order valence-electron chi connectivity index (χ4n) is 2.98. The van der Waals surface area contributed by atoms with E-state index in [4.69, 9.17) is 4.98 Å². The van der Waals surface area contributed by atoms with Crippen molar-refractivity contribution in [2.45, 2.75) is 27.3 Å². The predicted molar refractivity (Wildman–Crippen MR) is 103 cm³/mol. The third-order valence-electron chi connectivity index (χ3n) is 4.55. The Labute approximate surface area is 148 Å². The monoisotopic (exact) mass is 337 g/mol. The second-order valence-corrected chi connectivity index (χ2v) is 6.26. The average molecular weight is 337 g/mol. The zero-order chi connectivity index (χ0) is 17.8. The number of fused-ring (bicyclic) bond motifs is 1. The van der Waals surface area contributed by atoms with Gasteiger partial charge in [-0.1, -0.05) is 19.9 Å². The lowest BCUT2D eigenvalue weighted by atomic mass is 10.1. The number of hydrogen-bond donors (Lipinski definition) is 1. The zero-order valence-corrected chi connectivity index (χ0v) is 15.0. The molecule has 2 aromatic carbocycles. The molecule has 1 N–H and O–H groups in total. The van der Waals surface area contributed by atoms with Crippen molar-refractivity contribution in [3.8, 4) is 0 Å².